The molecule has 3 aromatic carbocycles. The van der Waals surface area contributed by atoms with Crippen LogP contribution in [0.5, 0.6) is 17.2 Å². The molecule has 0 spiro atoms. The van der Waals surface area contributed by atoms with Crippen molar-refractivity contribution in [1.29, 1.82) is 0 Å². The molecule has 5 amide bonds. The van der Waals surface area contributed by atoms with Gasteiger partial charge in [0.05, 0.1) is 18.9 Å². The van der Waals surface area contributed by atoms with E-state index >= 15 is 0 Å². The van der Waals surface area contributed by atoms with Crippen molar-refractivity contribution in [2.75, 3.05) is 30.0 Å². The lowest BCUT2D eigenvalue weighted by molar-refractivity contribution is -0.122. The molecular formula is C30H27Cl2N3O7. The Hall–Kier alpha value is -4.54. The van der Waals surface area contributed by atoms with E-state index in [9.17, 15) is 19.2 Å². The summed E-state index contributed by atoms with van der Waals surface area (Å²) in [5.74, 6) is -1.25. The average Bonchev–Trinajstić information content (AvgIpc) is 2.95. The molecule has 10 nitrogen and oxygen atoms in total. The van der Waals surface area contributed by atoms with Gasteiger partial charge in [-0.2, -0.15) is 0 Å². The number of hydrogen-bond acceptors (Lipinski definition) is 7. The lowest BCUT2D eigenvalue weighted by atomic mass is 10.1. The van der Waals surface area contributed by atoms with Gasteiger partial charge in [0.2, 0.25) is 0 Å². The van der Waals surface area contributed by atoms with Gasteiger partial charge in [0.25, 0.3) is 17.7 Å². The van der Waals surface area contributed by atoms with Gasteiger partial charge in [-0.3, -0.25) is 19.7 Å². The van der Waals surface area contributed by atoms with Crippen LogP contribution < -0.4 is 29.7 Å². The van der Waals surface area contributed by atoms with Crippen LogP contribution in [0.1, 0.15) is 25.8 Å². The van der Waals surface area contributed by atoms with Crippen molar-refractivity contribution in [2.45, 2.75) is 20.3 Å². The number of benzene rings is 3. The molecule has 3 aromatic rings. The Kier molecular flexibility index (Phi) is 10.1. The van der Waals surface area contributed by atoms with Gasteiger partial charge in [-0.1, -0.05) is 30.1 Å². The summed E-state index contributed by atoms with van der Waals surface area (Å²) in [6.07, 6.45) is 2.02. The minimum absolute atomic E-state index is 0.171. The van der Waals surface area contributed by atoms with Gasteiger partial charge in [0.15, 0.2) is 18.1 Å². The molecule has 1 aliphatic heterocycles. The summed E-state index contributed by atoms with van der Waals surface area (Å²) < 4.78 is 17.0. The number of carbonyl (C=O) groups is 4. The molecule has 0 radical (unpaired) electrons. The molecule has 0 bridgehead atoms. The fraction of sp³-hybridized carbons (Fsp3) is 0.200. The Balaban J connectivity index is 1.59. The lowest BCUT2D eigenvalue weighted by Crippen LogP contribution is -2.54. The van der Waals surface area contributed by atoms with Crippen LogP contribution in [0.15, 0.2) is 66.2 Å². The fourth-order valence-electron chi connectivity index (χ4n) is 3.92. The van der Waals surface area contributed by atoms with Crippen molar-refractivity contribution in [3.63, 3.8) is 0 Å². The molecule has 1 heterocycles. The number of urea groups is 1. The number of ether oxygens (including phenoxy) is 3. The van der Waals surface area contributed by atoms with Gasteiger partial charge in [-0.05, 0) is 74.0 Å². The van der Waals surface area contributed by atoms with E-state index in [1.165, 1.54) is 36.4 Å². The predicted molar refractivity (Wildman–Crippen MR) is 159 cm³/mol. The highest BCUT2D eigenvalue weighted by Crippen LogP contribution is 2.34. The summed E-state index contributed by atoms with van der Waals surface area (Å²) in [7, 11) is 0. The molecule has 1 aliphatic rings. The summed E-state index contributed by atoms with van der Waals surface area (Å²) in [6.45, 7) is 4.16. The lowest BCUT2D eigenvalue weighted by Gasteiger charge is -2.27. The van der Waals surface area contributed by atoms with Crippen LogP contribution in [0.3, 0.4) is 0 Å². The maximum atomic E-state index is 13.5. The van der Waals surface area contributed by atoms with E-state index in [1.807, 2.05) is 6.92 Å². The fourth-order valence-corrected chi connectivity index (χ4v) is 4.23. The average molecular weight is 612 g/mol. The van der Waals surface area contributed by atoms with Gasteiger partial charge >= 0.3 is 6.03 Å². The van der Waals surface area contributed by atoms with Crippen LogP contribution in [0.2, 0.25) is 10.0 Å². The highest BCUT2D eigenvalue weighted by molar-refractivity contribution is 6.39. The molecule has 2 N–H and O–H groups in total. The standard InChI is InChI=1S/C30H27Cl2N3O7/c1-3-13-41-25-12-10-22(16-26(25)40-4-2)35-29(38)23(28(37)34-30(35)39)15-18-14-20(32)7-11-24(18)42-17-27(36)33-21-8-5-19(31)6-9-21/h5-12,14-16H,3-4,13,17H2,1-2H3,(H,33,36)(H,34,37,39)/b23-15+. The Morgan fingerprint density at radius 1 is 0.881 bits per heavy atom. The van der Waals surface area contributed by atoms with E-state index < -0.39 is 23.8 Å². The quantitative estimate of drug-likeness (QED) is 0.205. The molecule has 218 valence electrons. The number of amides is 5. The van der Waals surface area contributed by atoms with Crippen LogP contribution in [0.25, 0.3) is 6.08 Å². The van der Waals surface area contributed by atoms with Crippen molar-refractivity contribution >= 4 is 64.4 Å². The number of nitrogens with one attached hydrogen (secondary N) is 2. The monoisotopic (exact) mass is 611 g/mol. The maximum Gasteiger partial charge on any atom is 0.335 e. The second kappa shape index (κ2) is 13.9. The number of imide groups is 2. The van der Waals surface area contributed by atoms with Crippen LogP contribution >= 0.6 is 23.2 Å². The number of anilines is 2. The number of rotatable bonds is 11. The number of halogens is 2. The zero-order chi connectivity index (χ0) is 30.2. The Morgan fingerprint density at radius 2 is 1.60 bits per heavy atom. The van der Waals surface area contributed by atoms with E-state index in [-0.39, 0.29) is 29.2 Å². The van der Waals surface area contributed by atoms with Crippen molar-refractivity contribution in [2.24, 2.45) is 0 Å². The van der Waals surface area contributed by atoms with Gasteiger partial charge in [-0.15, -0.1) is 0 Å². The molecule has 0 atom stereocenters. The van der Waals surface area contributed by atoms with Crippen molar-refractivity contribution in [1.82, 2.24) is 5.32 Å². The van der Waals surface area contributed by atoms with Crippen molar-refractivity contribution < 1.29 is 33.4 Å². The van der Waals surface area contributed by atoms with Crippen LogP contribution in [0, 0.1) is 0 Å². The topological polar surface area (TPSA) is 123 Å². The molecule has 0 saturated carbocycles. The molecule has 1 saturated heterocycles. The molecule has 12 heteroatoms. The van der Waals surface area contributed by atoms with Crippen LogP contribution in [-0.4, -0.2) is 43.6 Å². The Bertz CT molecular complexity index is 1540. The van der Waals surface area contributed by atoms with Crippen LogP contribution in [0.4, 0.5) is 16.2 Å². The second-order valence-corrected chi connectivity index (χ2v) is 9.77. The zero-order valence-electron chi connectivity index (χ0n) is 22.7. The third-order valence-electron chi connectivity index (χ3n) is 5.81. The van der Waals surface area contributed by atoms with E-state index in [2.05, 4.69) is 10.6 Å². The smallest absolute Gasteiger partial charge is 0.335 e. The number of hydrogen-bond donors (Lipinski definition) is 2. The first-order valence-electron chi connectivity index (χ1n) is 13.0. The van der Waals surface area contributed by atoms with Crippen LogP contribution in [-0.2, 0) is 14.4 Å². The Morgan fingerprint density at radius 3 is 2.31 bits per heavy atom. The first kappa shape index (κ1) is 30.4. The van der Waals surface area contributed by atoms with E-state index in [0.29, 0.717) is 40.4 Å². The molecule has 0 unspecified atom stereocenters. The summed E-state index contributed by atoms with van der Waals surface area (Å²) in [5, 5.41) is 5.68. The molecule has 42 heavy (non-hydrogen) atoms. The molecule has 0 aromatic heterocycles. The zero-order valence-corrected chi connectivity index (χ0v) is 24.3. The minimum atomic E-state index is -0.923. The largest absolute Gasteiger partial charge is 0.490 e. The number of nitrogens with zero attached hydrogens (tertiary/aromatic N) is 1. The number of carbonyl (C=O) groups excluding carboxylic acids is 4. The summed E-state index contributed by atoms with van der Waals surface area (Å²) in [5.41, 5.74) is 0.590. The Labute approximate surface area is 252 Å². The first-order valence-corrected chi connectivity index (χ1v) is 13.7. The highest BCUT2D eigenvalue weighted by atomic mass is 35.5. The normalized spacial score (nSPS) is 14.0. The van der Waals surface area contributed by atoms with Gasteiger partial charge in [0, 0.05) is 27.4 Å². The third kappa shape index (κ3) is 7.39. The maximum absolute atomic E-state index is 13.5. The van der Waals surface area contributed by atoms with E-state index in [4.69, 9.17) is 37.4 Å². The SMILES string of the molecule is CCCOc1ccc(N2C(=O)NC(=O)/C(=C\c3cc(Cl)ccc3OCC(=O)Nc3ccc(Cl)cc3)C2=O)cc1OCC. The van der Waals surface area contributed by atoms with Gasteiger partial charge in [0.1, 0.15) is 11.3 Å². The first-order chi connectivity index (χ1) is 20.2. The summed E-state index contributed by atoms with van der Waals surface area (Å²) >= 11 is 12.1. The summed E-state index contributed by atoms with van der Waals surface area (Å²) in [4.78, 5) is 52.4. The molecule has 0 aliphatic carbocycles. The predicted octanol–water partition coefficient (Wildman–Crippen LogP) is 5.86. The summed E-state index contributed by atoms with van der Waals surface area (Å²) in [6, 6.07) is 14.7. The van der Waals surface area contributed by atoms with E-state index in [0.717, 1.165) is 11.3 Å². The van der Waals surface area contributed by atoms with E-state index in [1.54, 1.807) is 37.3 Å². The second-order valence-electron chi connectivity index (χ2n) is 8.90. The highest BCUT2D eigenvalue weighted by Gasteiger charge is 2.37. The molecule has 1 fully saturated rings. The minimum Gasteiger partial charge on any atom is -0.490 e. The molecular weight excluding hydrogens is 585 g/mol. The van der Waals surface area contributed by atoms with Gasteiger partial charge in [-0.25, -0.2) is 9.69 Å². The van der Waals surface area contributed by atoms with Crippen molar-refractivity contribution in [3.8, 4) is 17.2 Å². The van der Waals surface area contributed by atoms with Crippen molar-refractivity contribution in [3.05, 3.63) is 81.8 Å². The molecule has 4 rings (SSSR count). The number of barbiturate groups is 1. The third-order valence-corrected chi connectivity index (χ3v) is 6.29. The van der Waals surface area contributed by atoms with Gasteiger partial charge < -0.3 is 19.5 Å².